The molecule has 122 valence electrons. The highest BCUT2D eigenvalue weighted by atomic mass is 16.5. The number of quaternary nitrogens is 1. The van der Waals surface area contributed by atoms with Crippen molar-refractivity contribution in [2.75, 3.05) is 12.4 Å². The van der Waals surface area contributed by atoms with Gasteiger partial charge in [-0.3, -0.25) is 4.79 Å². The van der Waals surface area contributed by atoms with Crippen LogP contribution in [0.3, 0.4) is 0 Å². The third kappa shape index (κ3) is 4.73. The highest BCUT2D eigenvalue weighted by Gasteiger charge is 2.26. The van der Waals surface area contributed by atoms with Gasteiger partial charge in [0.05, 0.1) is 31.3 Å². The standard InChI is InChI=1S/C18H28N2O2/c1-13-8-4-5-9-15(13)19-14(2)12-18(21)20-16-10-6-7-11-17(16)22-3/h6-7,10-11,13-15,19H,4-5,8-9,12H2,1-3H3,(H,20,21)/p+1/t13-,14-,15-/m0/s1. The lowest BCUT2D eigenvalue weighted by Gasteiger charge is -2.29. The molecule has 1 saturated carbocycles. The minimum Gasteiger partial charge on any atom is -0.495 e. The fourth-order valence-electron chi connectivity index (χ4n) is 3.36. The fourth-order valence-corrected chi connectivity index (χ4v) is 3.36. The molecule has 0 radical (unpaired) electrons. The van der Waals surface area contributed by atoms with Gasteiger partial charge in [0, 0.05) is 5.92 Å². The number of amides is 1. The van der Waals surface area contributed by atoms with Crippen LogP contribution in [0.5, 0.6) is 5.75 Å². The molecule has 3 N–H and O–H groups in total. The molecule has 4 nitrogen and oxygen atoms in total. The lowest BCUT2D eigenvalue weighted by molar-refractivity contribution is -0.725. The van der Waals surface area contributed by atoms with E-state index in [9.17, 15) is 4.79 Å². The van der Waals surface area contributed by atoms with E-state index in [1.165, 1.54) is 25.7 Å². The third-order valence-electron chi connectivity index (χ3n) is 4.64. The Labute approximate surface area is 133 Å². The van der Waals surface area contributed by atoms with Crippen molar-refractivity contribution >= 4 is 11.6 Å². The van der Waals surface area contributed by atoms with Gasteiger partial charge in [0.2, 0.25) is 5.91 Å². The van der Waals surface area contributed by atoms with Gasteiger partial charge in [-0.25, -0.2) is 0 Å². The second-order valence-corrected chi connectivity index (χ2v) is 6.55. The Morgan fingerprint density at radius 1 is 1.36 bits per heavy atom. The van der Waals surface area contributed by atoms with Gasteiger partial charge in [0.25, 0.3) is 0 Å². The molecule has 2 rings (SSSR count). The van der Waals surface area contributed by atoms with E-state index in [1.807, 2.05) is 24.3 Å². The predicted octanol–water partition coefficient (Wildman–Crippen LogP) is 2.55. The van der Waals surface area contributed by atoms with Gasteiger partial charge < -0.3 is 15.4 Å². The van der Waals surface area contributed by atoms with E-state index < -0.39 is 0 Å². The fraction of sp³-hybridized carbons (Fsp3) is 0.611. The Hall–Kier alpha value is -1.55. The molecule has 1 aliphatic rings. The molecule has 1 amide bonds. The number of hydrogen-bond acceptors (Lipinski definition) is 2. The van der Waals surface area contributed by atoms with Crippen LogP contribution in [0.15, 0.2) is 24.3 Å². The number of nitrogens with one attached hydrogen (secondary N) is 1. The summed E-state index contributed by atoms with van der Waals surface area (Å²) in [5, 5.41) is 5.35. The summed E-state index contributed by atoms with van der Waals surface area (Å²) >= 11 is 0. The number of ether oxygens (including phenoxy) is 1. The van der Waals surface area contributed by atoms with Crippen LogP contribution < -0.4 is 15.4 Å². The molecule has 1 aromatic rings. The van der Waals surface area contributed by atoms with Crippen LogP contribution in [0.2, 0.25) is 0 Å². The summed E-state index contributed by atoms with van der Waals surface area (Å²) in [5.41, 5.74) is 0.744. The molecular weight excluding hydrogens is 276 g/mol. The molecule has 3 atom stereocenters. The number of hydrogen-bond donors (Lipinski definition) is 2. The predicted molar refractivity (Wildman–Crippen MR) is 89.0 cm³/mol. The van der Waals surface area contributed by atoms with E-state index >= 15 is 0 Å². The number of nitrogens with two attached hydrogens (primary N) is 1. The lowest BCUT2D eigenvalue weighted by Crippen LogP contribution is -2.96. The summed E-state index contributed by atoms with van der Waals surface area (Å²) in [6, 6.07) is 8.50. The van der Waals surface area contributed by atoms with Gasteiger partial charge in [-0.05, 0) is 38.3 Å². The normalized spacial score (nSPS) is 22.9. The van der Waals surface area contributed by atoms with Crippen molar-refractivity contribution in [1.29, 1.82) is 0 Å². The van der Waals surface area contributed by atoms with Crippen LogP contribution in [0, 0.1) is 5.92 Å². The van der Waals surface area contributed by atoms with Crippen molar-refractivity contribution in [2.24, 2.45) is 5.92 Å². The minimum atomic E-state index is 0.0525. The zero-order chi connectivity index (χ0) is 15.9. The Morgan fingerprint density at radius 3 is 2.82 bits per heavy atom. The van der Waals surface area contributed by atoms with Crippen molar-refractivity contribution < 1.29 is 14.8 Å². The Morgan fingerprint density at radius 2 is 2.09 bits per heavy atom. The minimum absolute atomic E-state index is 0.0525. The monoisotopic (exact) mass is 305 g/mol. The van der Waals surface area contributed by atoms with Crippen LogP contribution in [0.1, 0.15) is 46.0 Å². The number of carbonyl (C=O) groups is 1. The molecule has 1 fully saturated rings. The van der Waals surface area contributed by atoms with Crippen molar-refractivity contribution in [3.63, 3.8) is 0 Å². The first-order valence-electron chi connectivity index (χ1n) is 8.38. The Bertz CT molecular complexity index is 490. The number of carbonyl (C=O) groups excluding carboxylic acids is 1. The largest absolute Gasteiger partial charge is 0.495 e. The molecule has 0 heterocycles. The van der Waals surface area contributed by atoms with E-state index in [0.717, 1.165) is 11.6 Å². The maximum absolute atomic E-state index is 12.2. The molecule has 0 saturated heterocycles. The van der Waals surface area contributed by atoms with E-state index in [0.29, 0.717) is 24.3 Å². The molecule has 1 aromatic carbocycles. The molecule has 1 aliphatic carbocycles. The first-order chi connectivity index (χ1) is 10.6. The molecule has 0 aliphatic heterocycles. The van der Waals surface area contributed by atoms with Gasteiger partial charge in [-0.1, -0.05) is 25.5 Å². The maximum Gasteiger partial charge on any atom is 0.230 e. The first-order valence-corrected chi connectivity index (χ1v) is 8.38. The smallest absolute Gasteiger partial charge is 0.230 e. The van der Waals surface area contributed by atoms with Gasteiger partial charge in [-0.2, -0.15) is 0 Å². The van der Waals surface area contributed by atoms with Crippen molar-refractivity contribution in [3.05, 3.63) is 24.3 Å². The van der Waals surface area contributed by atoms with Crippen molar-refractivity contribution in [1.82, 2.24) is 0 Å². The lowest BCUT2D eigenvalue weighted by atomic mass is 9.85. The summed E-state index contributed by atoms with van der Waals surface area (Å²) in [6.07, 6.45) is 5.81. The summed E-state index contributed by atoms with van der Waals surface area (Å²) in [5.74, 6) is 1.51. The molecule has 0 aromatic heterocycles. The quantitative estimate of drug-likeness (QED) is 0.848. The van der Waals surface area contributed by atoms with Crippen molar-refractivity contribution in [2.45, 2.75) is 58.0 Å². The van der Waals surface area contributed by atoms with E-state index in [2.05, 4.69) is 24.5 Å². The number of benzene rings is 1. The molecule has 4 heteroatoms. The SMILES string of the molecule is COc1ccccc1NC(=O)C[C@H](C)[NH2+][C@H]1CCCC[C@@H]1C. The second-order valence-electron chi connectivity index (χ2n) is 6.55. The van der Waals surface area contributed by atoms with Crippen molar-refractivity contribution in [3.8, 4) is 5.75 Å². The number of methoxy groups -OCH3 is 1. The summed E-state index contributed by atoms with van der Waals surface area (Å²) < 4.78 is 5.26. The van der Waals surface area contributed by atoms with Crippen LogP contribution in [-0.2, 0) is 4.79 Å². The molecule has 22 heavy (non-hydrogen) atoms. The topological polar surface area (TPSA) is 54.9 Å². The molecular formula is C18H29N2O2+. The van der Waals surface area contributed by atoms with E-state index in [1.54, 1.807) is 7.11 Å². The number of rotatable bonds is 6. The number of anilines is 1. The number of para-hydroxylation sites is 2. The average Bonchev–Trinajstić information content (AvgIpc) is 2.50. The van der Waals surface area contributed by atoms with Crippen LogP contribution >= 0.6 is 0 Å². The summed E-state index contributed by atoms with van der Waals surface area (Å²) in [7, 11) is 1.62. The van der Waals surface area contributed by atoms with E-state index in [-0.39, 0.29) is 5.91 Å². The molecule has 0 spiro atoms. The van der Waals surface area contributed by atoms with E-state index in [4.69, 9.17) is 4.74 Å². The average molecular weight is 305 g/mol. The third-order valence-corrected chi connectivity index (χ3v) is 4.64. The highest BCUT2D eigenvalue weighted by molar-refractivity contribution is 5.92. The van der Waals surface area contributed by atoms with Gasteiger partial charge in [0.1, 0.15) is 5.75 Å². The molecule has 0 bridgehead atoms. The first kappa shape index (κ1) is 16.8. The van der Waals surface area contributed by atoms with Crippen LogP contribution in [0.25, 0.3) is 0 Å². The molecule has 0 unspecified atom stereocenters. The van der Waals surface area contributed by atoms with Crippen LogP contribution in [0.4, 0.5) is 5.69 Å². The maximum atomic E-state index is 12.2. The highest BCUT2D eigenvalue weighted by Crippen LogP contribution is 2.23. The second kappa shape index (κ2) is 8.18. The van der Waals surface area contributed by atoms with Gasteiger partial charge >= 0.3 is 0 Å². The van der Waals surface area contributed by atoms with Gasteiger partial charge in [-0.15, -0.1) is 0 Å². The van der Waals surface area contributed by atoms with Gasteiger partial charge in [0.15, 0.2) is 0 Å². The Kier molecular flexibility index (Phi) is 6.25. The Balaban J connectivity index is 1.83. The zero-order valence-electron chi connectivity index (χ0n) is 14.0. The zero-order valence-corrected chi connectivity index (χ0v) is 14.0. The summed E-state index contributed by atoms with van der Waals surface area (Å²) in [4.78, 5) is 12.2. The van der Waals surface area contributed by atoms with Crippen LogP contribution in [-0.4, -0.2) is 25.1 Å². The summed E-state index contributed by atoms with van der Waals surface area (Å²) in [6.45, 7) is 4.48.